The number of ether oxygens (including phenoxy) is 1. The smallest absolute Gasteiger partial charge is 0.387 e. The van der Waals surface area contributed by atoms with Gasteiger partial charge in [0.05, 0.1) is 10.2 Å². The first kappa shape index (κ1) is 15.8. The minimum atomic E-state index is -2.86. The van der Waals surface area contributed by atoms with Gasteiger partial charge >= 0.3 is 6.61 Å². The molecule has 20 heavy (non-hydrogen) atoms. The maximum atomic E-state index is 12.5. The number of rotatable bonds is 5. The molecule has 0 aliphatic heterocycles. The van der Waals surface area contributed by atoms with Crippen LogP contribution in [0.3, 0.4) is 0 Å². The summed E-state index contributed by atoms with van der Waals surface area (Å²) in [5, 5.41) is 3.67. The Morgan fingerprint density at radius 2 is 2.00 bits per heavy atom. The molecule has 0 radical (unpaired) electrons. The lowest BCUT2D eigenvalue weighted by atomic mass is 9.89. The van der Waals surface area contributed by atoms with Crippen molar-refractivity contribution in [2.24, 2.45) is 5.92 Å². The number of hydrogen-bond acceptors (Lipinski definition) is 2. The number of alkyl halides is 2. The van der Waals surface area contributed by atoms with E-state index in [-0.39, 0.29) is 5.75 Å². The Hall–Kier alpha value is -0.550. The Bertz CT molecular complexity index is 453. The van der Waals surface area contributed by atoms with Crippen LogP contribution < -0.4 is 10.1 Å². The first-order valence-electron chi connectivity index (χ1n) is 6.74. The molecular formula is C14H17BrClF2NO. The second-order valence-electron chi connectivity index (χ2n) is 5.03. The van der Waals surface area contributed by atoms with E-state index in [4.69, 9.17) is 11.6 Å². The van der Waals surface area contributed by atoms with Gasteiger partial charge in [0, 0.05) is 11.6 Å². The van der Waals surface area contributed by atoms with Crippen molar-refractivity contribution in [1.82, 2.24) is 0 Å². The van der Waals surface area contributed by atoms with Gasteiger partial charge in [-0.3, -0.25) is 0 Å². The largest absolute Gasteiger partial charge is 0.431 e. The summed E-state index contributed by atoms with van der Waals surface area (Å²) in [6, 6.07) is 3.16. The van der Waals surface area contributed by atoms with Crippen molar-refractivity contribution in [3.8, 4) is 5.75 Å². The topological polar surface area (TPSA) is 21.3 Å². The van der Waals surface area contributed by atoms with E-state index in [0.29, 0.717) is 21.1 Å². The van der Waals surface area contributed by atoms with Crippen molar-refractivity contribution in [2.45, 2.75) is 38.7 Å². The van der Waals surface area contributed by atoms with Gasteiger partial charge in [-0.05, 0) is 46.8 Å². The molecule has 2 rings (SSSR count). The van der Waals surface area contributed by atoms with Gasteiger partial charge in [-0.2, -0.15) is 8.78 Å². The summed E-state index contributed by atoms with van der Waals surface area (Å²) in [6.07, 6.45) is 6.14. The predicted molar refractivity (Wildman–Crippen MR) is 80.8 cm³/mol. The van der Waals surface area contributed by atoms with Crippen LogP contribution in [0.1, 0.15) is 32.1 Å². The Labute approximate surface area is 131 Å². The predicted octanol–water partition coefficient (Wildman–Crippen LogP) is 5.70. The van der Waals surface area contributed by atoms with E-state index < -0.39 is 6.61 Å². The van der Waals surface area contributed by atoms with Gasteiger partial charge in [0.25, 0.3) is 0 Å². The van der Waals surface area contributed by atoms with Crippen LogP contribution in [-0.2, 0) is 0 Å². The van der Waals surface area contributed by atoms with Gasteiger partial charge < -0.3 is 10.1 Å². The highest BCUT2D eigenvalue weighted by Crippen LogP contribution is 2.38. The maximum Gasteiger partial charge on any atom is 0.387 e. The normalized spacial score (nSPS) is 16.4. The van der Waals surface area contributed by atoms with E-state index in [1.165, 1.54) is 32.1 Å². The molecule has 1 N–H and O–H groups in total. The van der Waals surface area contributed by atoms with E-state index in [0.717, 1.165) is 6.54 Å². The molecule has 0 bridgehead atoms. The SMILES string of the molecule is FC(F)Oc1c(Br)cc(Cl)cc1NCC1CCCCC1. The lowest BCUT2D eigenvalue weighted by Gasteiger charge is -2.23. The Balaban J connectivity index is 2.08. The molecule has 0 unspecified atom stereocenters. The maximum absolute atomic E-state index is 12.5. The third-order valence-corrected chi connectivity index (χ3v) is 4.33. The monoisotopic (exact) mass is 367 g/mol. The van der Waals surface area contributed by atoms with Crippen molar-refractivity contribution in [3.05, 3.63) is 21.6 Å². The number of halogens is 4. The van der Waals surface area contributed by atoms with Crippen LogP contribution in [0, 0.1) is 5.92 Å². The number of nitrogens with one attached hydrogen (secondary N) is 1. The van der Waals surface area contributed by atoms with Crippen LogP contribution in [-0.4, -0.2) is 13.2 Å². The second-order valence-corrected chi connectivity index (χ2v) is 6.32. The molecular weight excluding hydrogens is 352 g/mol. The summed E-state index contributed by atoms with van der Waals surface area (Å²) in [4.78, 5) is 0. The summed E-state index contributed by atoms with van der Waals surface area (Å²) in [7, 11) is 0. The van der Waals surface area contributed by atoms with E-state index in [9.17, 15) is 8.78 Å². The number of anilines is 1. The Kier molecular flexibility index (Phi) is 5.90. The van der Waals surface area contributed by atoms with Gasteiger partial charge in [0.1, 0.15) is 0 Å². The third kappa shape index (κ3) is 4.48. The zero-order chi connectivity index (χ0) is 14.5. The van der Waals surface area contributed by atoms with Crippen LogP contribution in [0.2, 0.25) is 5.02 Å². The molecule has 0 atom stereocenters. The summed E-state index contributed by atoms with van der Waals surface area (Å²) in [5.41, 5.74) is 0.509. The van der Waals surface area contributed by atoms with E-state index >= 15 is 0 Å². The molecule has 2 nitrogen and oxygen atoms in total. The van der Waals surface area contributed by atoms with Crippen molar-refractivity contribution < 1.29 is 13.5 Å². The highest BCUT2D eigenvalue weighted by atomic mass is 79.9. The summed E-state index contributed by atoms with van der Waals surface area (Å²) in [5.74, 6) is 0.695. The molecule has 0 amide bonds. The molecule has 1 saturated carbocycles. The zero-order valence-electron chi connectivity index (χ0n) is 11.0. The molecule has 0 saturated heterocycles. The summed E-state index contributed by atoms with van der Waals surface area (Å²) < 4.78 is 29.9. The first-order chi connectivity index (χ1) is 9.56. The van der Waals surface area contributed by atoms with Crippen LogP contribution in [0.15, 0.2) is 16.6 Å². The molecule has 0 aromatic heterocycles. The molecule has 0 heterocycles. The summed E-state index contributed by atoms with van der Waals surface area (Å²) in [6.45, 7) is -2.10. The lowest BCUT2D eigenvalue weighted by Crippen LogP contribution is -2.18. The van der Waals surface area contributed by atoms with Crippen LogP contribution in [0.25, 0.3) is 0 Å². The fraction of sp³-hybridized carbons (Fsp3) is 0.571. The van der Waals surface area contributed by atoms with Gasteiger partial charge in [0.15, 0.2) is 5.75 Å². The Morgan fingerprint density at radius 3 is 2.65 bits per heavy atom. The first-order valence-corrected chi connectivity index (χ1v) is 7.91. The molecule has 1 aliphatic carbocycles. The number of hydrogen-bond donors (Lipinski definition) is 1. The number of benzene rings is 1. The third-order valence-electron chi connectivity index (χ3n) is 3.52. The van der Waals surface area contributed by atoms with E-state index in [1.807, 2.05) is 0 Å². The van der Waals surface area contributed by atoms with Gasteiger partial charge in [-0.15, -0.1) is 0 Å². The van der Waals surface area contributed by atoms with Crippen molar-refractivity contribution in [3.63, 3.8) is 0 Å². The standard InChI is InChI=1S/C14H17BrClF2NO/c15-11-6-10(16)7-12(13(11)20-14(17)18)19-8-9-4-2-1-3-5-9/h6-7,9,14,19H,1-5,8H2. The molecule has 1 aromatic rings. The zero-order valence-corrected chi connectivity index (χ0v) is 13.3. The molecule has 1 aliphatic rings. The molecule has 1 aromatic carbocycles. The summed E-state index contributed by atoms with van der Waals surface area (Å²) >= 11 is 9.18. The van der Waals surface area contributed by atoms with Crippen LogP contribution in [0.4, 0.5) is 14.5 Å². The minimum absolute atomic E-state index is 0.111. The minimum Gasteiger partial charge on any atom is -0.431 e. The second kappa shape index (κ2) is 7.46. The average Bonchev–Trinajstić information content (AvgIpc) is 2.40. The highest BCUT2D eigenvalue weighted by Gasteiger charge is 2.17. The molecule has 112 valence electrons. The molecule has 0 spiro atoms. The van der Waals surface area contributed by atoms with E-state index in [2.05, 4.69) is 26.0 Å². The fourth-order valence-electron chi connectivity index (χ4n) is 2.55. The van der Waals surface area contributed by atoms with Gasteiger partial charge in [0.2, 0.25) is 0 Å². The molecule has 1 fully saturated rings. The van der Waals surface area contributed by atoms with Crippen LogP contribution >= 0.6 is 27.5 Å². The van der Waals surface area contributed by atoms with Crippen molar-refractivity contribution in [2.75, 3.05) is 11.9 Å². The van der Waals surface area contributed by atoms with Gasteiger partial charge in [-0.25, -0.2) is 0 Å². The molecule has 6 heteroatoms. The van der Waals surface area contributed by atoms with Crippen LogP contribution in [0.5, 0.6) is 5.75 Å². The van der Waals surface area contributed by atoms with E-state index in [1.54, 1.807) is 12.1 Å². The lowest BCUT2D eigenvalue weighted by molar-refractivity contribution is -0.0498. The quantitative estimate of drug-likeness (QED) is 0.720. The Morgan fingerprint density at radius 1 is 1.30 bits per heavy atom. The van der Waals surface area contributed by atoms with Gasteiger partial charge in [-0.1, -0.05) is 30.9 Å². The average molecular weight is 369 g/mol. The van der Waals surface area contributed by atoms with Crippen molar-refractivity contribution in [1.29, 1.82) is 0 Å². The van der Waals surface area contributed by atoms with Crippen molar-refractivity contribution >= 4 is 33.2 Å². The fourth-order valence-corrected chi connectivity index (χ4v) is 3.45. The highest BCUT2D eigenvalue weighted by molar-refractivity contribution is 9.10.